The molecule has 0 saturated carbocycles. The topological polar surface area (TPSA) is 39.1 Å². The number of aromatic nitrogens is 2. The Morgan fingerprint density at radius 1 is 1.42 bits per heavy atom. The molecular formula is C14H26ClN3O. The van der Waals surface area contributed by atoms with E-state index in [4.69, 9.17) is 16.3 Å². The first kappa shape index (κ1) is 16.5. The van der Waals surface area contributed by atoms with Crippen molar-refractivity contribution in [3.8, 4) is 0 Å². The lowest BCUT2D eigenvalue weighted by atomic mass is 9.86. The van der Waals surface area contributed by atoms with Crippen LogP contribution in [0.3, 0.4) is 0 Å². The first-order valence-electron chi connectivity index (χ1n) is 7.02. The van der Waals surface area contributed by atoms with E-state index in [9.17, 15) is 0 Å². The van der Waals surface area contributed by atoms with E-state index in [-0.39, 0.29) is 11.6 Å². The van der Waals surface area contributed by atoms with Crippen LogP contribution >= 0.6 is 11.6 Å². The Hall–Kier alpha value is -0.580. The summed E-state index contributed by atoms with van der Waals surface area (Å²) in [6, 6.07) is 0.0486. The monoisotopic (exact) mass is 287 g/mol. The predicted octanol–water partition coefficient (Wildman–Crippen LogP) is 3.32. The minimum atomic E-state index is -0.257. The van der Waals surface area contributed by atoms with Crippen molar-refractivity contribution in [2.24, 2.45) is 7.05 Å². The molecule has 0 fully saturated rings. The van der Waals surface area contributed by atoms with Crippen molar-refractivity contribution in [2.75, 3.05) is 13.7 Å². The maximum absolute atomic E-state index is 6.32. The van der Waals surface area contributed by atoms with Gasteiger partial charge in [0.25, 0.3) is 0 Å². The summed E-state index contributed by atoms with van der Waals surface area (Å²) >= 11 is 6.32. The van der Waals surface area contributed by atoms with Crippen LogP contribution in [-0.2, 0) is 11.8 Å². The number of nitrogens with zero attached hydrogens (tertiary/aromatic N) is 2. The van der Waals surface area contributed by atoms with Crippen LogP contribution in [0, 0.1) is 0 Å². The van der Waals surface area contributed by atoms with Crippen LogP contribution < -0.4 is 5.32 Å². The number of aryl methyl sites for hydroxylation is 1. The van der Waals surface area contributed by atoms with Crippen molar-refractivity contribution in [3.05, 3.63) is 16.9 Å². The molecule has 4 nitrogen and oxygen atoms in total. The highest BCUT2D eigenvalue weighted by Gasteiger charge is 2.39. The maximum atomic E-state index is 6.32. The van der Waals surface area contributed by atoms with E-state index in [1.807, 2.05) is 11.7 Å². The van der Waals surface area contributed by atoms with Crippen LogP contribution in [0.2, 0.25) is 5.02 Å². The number of hydrogen-bond donors (Lipinski definition) is 1. The van der Waals surface area contributed by atoms with Crippen molar-refractivity contribution in [2.45, 2.75) is 51.7 Å². The van der Waals surface area contributed by atoms with Crippen LogP contribution in [0.15, 0.2) is 6.20 Å². The summed E-state index contributed by atoms with van der Waals surface area (Å²) in [4.78, 5) is 0. The SMILES string of the molecule is CCCNC(c1c(Cl)cnn1C)C(CC)(CC)OC. The summed E-state index contributed by atoms with van der Waals surface area (Å²) in [5.74, 6) is 0. The van der Waals surface area contributed by atoms with Gasteiger partial charge in [0.2, 0.25) is 0 Å². The van der Waals surface area contributed by atoms with Gasteiger partial charge < -0.3 is 10.1 Å². The van der Waals surface area contributed by atoms with Crippen LogP contribution in [-0.4, -0.2) is 29.0 Å². The molecule has 1 aromatic rings. The van der Waals surface area contributed by atoms with Crippen LogP contribution in [0.25, 0.3) is 0 Å². The van der Waals surface area contributed by atoms with Crippen molar-refractivity contribution in [3.63, 3.8) is 0 Å². The fraction of sp³-hybridized carbons (Fsp3) is 0.786. The van der Waals surface area contributed by atoms with Crippen LogP contribution in [0.1, 0.15) is 51.8 Å². The minimum absolute atomic E-state index is 0.0486. The van der Waals surface area contributed by atoms with E-state index in [1.54, 1.807) is 13.3 Å². The van der Waals surface area contributed by atoms with Gasteiger partial charge in [0, 0.05) is 14.2 Å². The van der Waals surface area contributed by atoms with Gasteiger partial charge in [-0.3, -0.25) is 4.68 Å². The fourth-order valence-corrected chi connectivity index (χ4v) is 2.91. The highest BCUT2D eigenvalue weighted by molar-refractivity contribution is 6.31. The summed E-state index contributed by atoms with van der Waals surface area (Å²) in [6.45, 7) is 7.38. The van der Waals surface area contributed by atoms with Gasteiger partial charge in [0.05, 0.1) is 28.6 Å². The molecule has 0 amide bonds. The van der Waals surface area contributed by atoms with E-state index >= 15 is 0 Å². The molecule has 0 bridgehead atoms. The molecule has 110 valence electrons. The molecule has 0 spiro atoms. The average molecular weight is 288 g/mol. The smallest absolute Gasteiger partial charge is 0.0883 e. The molecule has 0 aliphatic rings. The Morgan fingerprint density at radius 3 is 2.42 bits per heavy atom. The quantitative estimate of drug-likeness (QED) is 0.797. The van der Waals surface area contributed by atoms with Crippen LogP contribution in [0.4, 0.5) is 0 Å². The lowest BCUT2D eigenvalue weighted by molar-refractivity contribution is -0.0504. The van der Waals surface area contributed by atoms with E-state index in [1.165, 1.54) is 0 Å². The third-order valence-electron chi connectivity index (χ3n) is 3.94. The highest BCUT2D eigenvalue weighted by atomic mass is 35.5. The molecule has 1 heterocycles. The molecule has 5 heteroatoms. The molecule has 0 saturated heterocycles. The van der Waals surface area contributed by atoms with Gasteiger partial charge >= 0.3 is 0 Å². The largest absolute Gasteiger partial charge is 0.376 e. The normalized spacial score (nSPS) is 13.8. The lowest BCUT2D eigenvalue weighted by Crippen LogP contribution is -2.46. The van der Waals surface area contributed by atoms with Crippen molar-refractivity contribution in [1.29, 1.82) is 0 Å². The van der Waals surface area contributed by atoms with Gasteiger partial charge in [-0.05, 0) is 25.8 Å². The molecule has 1 atom stereocenters. The molecule has 1 aromatic heterocycles. The Balaban J connectivity index is 3.20. The van der Waals surface area contributed by atoms with Gasteiger partial charge in [-0.15, -0.1) is 0 Å². The molecule has 0 aliphatic heterocycles. The van der Waals surface area contributed by atoms with Crippen LogP contribution in [0.5, 0.6) is 0 Å². The number of halogens is 1. The molecule has 0 radical (unpaired) electrons. The fourth-order valence-electron chi connectivity index (χ4n) is 2.63. The van der Waals surface area contributed by atoms with Crippen molar-refractivity contribution >= 4 is 11.6 Å². The molecule has 0 aliphatic carbocycles. The highest BCUT2D eigenvalue weighted by Crippen LogP contribution is 2.37. The summed E-state index contributed by atoms with van der Waals surface area (Å²) < 4.78 is 7.71. The second-order valence-electron chi connectivity index (χ2n) is 4.86. The number of rotatable bonds is 8. The van der Waals surface area contributed by atoms with Gasteiger partial charge in [-0.1, -0.05) is 32.4 Å². The molecule has 1 unspecified atom stereocenters. The van der Waals surface area contributed by atoms with Gasteiger partial charge in [0.1, 0.15) is 0 Å². The minimum Gasteiger partial charge on any atom is -0.376 e. The Morgan fingerprint density at radius 2 is 2.05 bits per heavy atom. The Labute approximate surface area is 121 Å². The van der Waals surface area contributed by atoms with Crippen molar-refractivity contribution in [1.82, 2.24) is 15.1 Å². The van der Waals surface area contributed by atoms with E-state index in [0.717, 1.165) is 31.5 Å². The third kappa shape index (κ3) is 3.30. The molecule has 0 aromatic carbocycles. The summed E-state index contributed by atoms with van der Waals surface area (Å²) in [7, 11) is 3.70. The van der Waals surface area contributed by atoms with Gasteiger partial charge in [-0.2, -0.15) is 5.10 Å². The summed E-state index contributed by atoms with van der Waals surface area (Å²) in [5, 5.41) is 8.52. The Bertz CT molecular complexity index is 360. The molecule has 1 N–H and O–H groups in total. The summed E-state index contributed by atoms with van der Waals surface area (Å²) in [5.41, 5.74) is 0.743. The second-order valence-corrected chi connectivity index (χ2v) is 5.27. The average Bonchev–Trinajstić information content (AvgIpc) is 2.75. The number of nitrogens with one attached hydrogen (secondary N) is 1. The van der Waals surface area contributed by atoms with E-state index in [0.29, 0.717) is 5.02 Å². The van der Waals surface area contributed by atoms with Gasteiger partial charge in [-0.25, -0.2) is 0 Å². The van der Waals surface area contributed by atoms with Crippen molar-refractivity contribution < 1.29 is 4.74 Å². The predicted molar refractivity (Wildman–Crippen MR) is 79.6 cm³/mol. The molecule has 19 heavy (non-hydrogen) atoms. The standard InChI is InChI=1S/C14H26ClN3O/c1-6-9-16-13(14(7-2,8-3)19-5)12-11(15)10-17-18(12)4/h10,13,16H,6-9H2,1-5H3. The number of hydrogen-bond acceptors (Lipinski definition) is 3. The maximum Gasteiger partial charge on any atom is 0.0883 e. The summed E-state index contributed by atoms with van der Waals surface area (Å²) in [6.07, 6.45) is 4.61. The number of ether oxygens (including phenoxy) is 1. The number of methoxy groups -OCH3 is 1. The Kier molecular flexibility index (Phi) is 6.30. The lowest BCUT2D eigenvalue weighted by Gasteiger charge is -2.39. The zero-order valence-electron chi connectivity index (χ0n) is 12.7. The van der Waals surface area contributed by atoms with E-state index in [2.05, 4.69) is 31.2 Å². The zero-order valence-corrected chi connectivity index (χ0v) is 13.4. The molecule has 1 rings (SSSR count). The van der Waals surface area contributed by atoms with Gasteiger partial charge in [0.15, 0.2) is 0 Å². The first-order valence-corrected chi connectivity index (χ1v) is 7.40. The second kappa shape index (κ2) is 7.27. The zero-order chi connectivity index (χ0) is 14.5. The third-order valence-corrected chi connectivity index (χ3v) is 4.23. The first-order chi connectivity index (χ1) is 9.06. The van der Waals surface area contributed by atoms with E-state index < -0.39 is 0 Å². The molecular weight excluding hydrogens is 262 g/mol.